The summed E-state index contributed by atoms with van der Waals surface area (Å²) in [7, 11) is 0. The number of hydrogen-bond donors (Lipinski definition) is 8. The summed E-state index contributed by atoms with van der Waals surface area (Å²) in [5.41, 5.74) is 10.9. The predicted molar refractivity (Wildman–Crippen MR) is 321 cm³/mol. The molecule has 1 spiro atoms. The zero-order valence-electron chi connectivity index (χ0n) is 47.7. The van der Waals surface area contributed by atoms with Crippen LogP contribution in [0.1, 0.15) is 140 Å². The molecule has 12 rings (SSSR count). The molecule has 2 aliphatic carbocycles. The van der Waals surface area contributed by atoms with Crippen LogP contribution in [0, 0.1) is 23.7 Å². The fraction of sp³-hybridized carbons (Fsp3) is 0.457. The van der Waals surface area contributed by atoms with Crippen molar-refractivity contribution in [2.75, 3.05) is 39.8 Å². The van der Waals surface area contributed by atoms with E-state index in [0.29, 0.717) is 69.7 Å². The third kappa shape index (κ3) is 12.2. The Hall–Kier alpha value is -6.60. The average Bonchev–Trinajstić information content (AvgIpc) is 2.96. The first-order chi connectivity index (χ1) is 40.6. The normalized spacial score (nSPS) is 24.1. The van der Waals surface area contributed by atoms with E-state index >= 15 is 0 Å². The topological polar surface area (TPSA) is 187 Å². The number of aliphatic hydroxyl groups is 3. The molecule has 5 heterocycles. The zero-order valence-corrected chi connectivity index (χ0v) is 47.7. The van der Waals surface area contributed by atoms with E-state index in [2.05, 4.69) is 88.0 Å². The van der Waals surface area contributed by atoms with E-state index in [1.165, 1.54) is 42.4 Å². The van der Waals surface area contributed by atoms with E-state index < -0.39 is 6.10 Å². The number of ether oxygens (including phenoxy) is 4. The Morgan fingerprint density at radius 1 is 0.807 bits per heavy atom. The smallest absolute Gasteiger partial charge is 0.161 e. The second kappa shape index (κ2) is 25.3. The van der Waals surface area contributed by atoms with Gasteiger partial charge in [-0.15, -0.1) is 0 Å². The predicted octanol–water partition coefficient (Wildman–Crippen LogP) is 10.8. The number of aromatic hydroxyl groups is 3. The van der Waals surface area contributed by atoms with Crippen LogP contribution in [0.4, 0.5) is 0 Å². The molecule has 1 unspecified atom stereocenters. The molecule has 6 aliphatic rings. The number of aryl methyl sites for hydroxylation is 2. The minimum atomic E-state index is -0.715. The Bertz CT molecular complexity index is 3420. The summed E-state index contributed by atoms with van der Waals surface area (Å²) in [6.07, 6.45) is 19.0. The molecule has 1 aromatic heterocycles. The van der Waals surface area contributed by atoms with Crippen molar-refractivity contribution in [1.29, 1.82) is 0 Å². The monoisotopic (exact) mass is 1120 g/mol. The SMILES string of the molecule is OCCCCOCNC1C=C2C#C[C@H](CCc3ccc(O)c(Cc4cccc(O)c4)c3)CCC[C@H]3C[C@H](O)CCc4cc(c(O)cc4CO)OCc4cc([C@@]56CCOC[C@@H]5CC5(CCCC5)c5ccccc56)cc5cn(cc45)C(=C2CO3)N1. The van der Waals surface area contributed by atoms with Crippen molar-refractivity contribution in [1.82, 2.24) is 15.2 Å². The highest BCUT2D eigenvalue weighted by Crippen LogP contribution is 2.60. The standard InChI is InChI=1S/C70H81N3O10/c74-26-5-6-27-81-45-71-67-36-50-19-17-46(15-16-47-18-22-64(78)51(29-47)30-48-10-7-11-57(76)31-48)9-8-12-59-37-58(77)21-20-49-35-66(65(79)34-53(49)41-75)83-42-54-33-55(32-52-39-73(40-60(52)54)68(72-67)61(50)44-82-59)70-25-28-80-43-56(70)38-69(23-3-4-24-69)62-13-1-2-14-63(62)70/h1-2,7,10-11,13-14,18,22,29,31-36,39-40,46,56,58-59,67,71-72,74-79H,3-6,8-9,12,15-16,20-21,23-28,30,37-38,41-45H2/t46-,56-,58+,59-,67?,70-/m0/s1. The molecule has 8 N–H and O–H groups in total. The number of dihydropyridines is 1. The minimum absolute atomic E-state index is 0.0166. The summed E-state index contributed by atoms with van der Waals surface area (Å²) >= 11 is 0. The van der Waals surface area contributed by atoms with Gasteiger partial charge in [0.25, 0.3) is 0 Å². The molecule has 1 saturated carbocycles. The van der Waals surface area contributed by atoms with Gasteiger partial charge in [-0.05, 0) is 194 Å². The third-order valence-electron chi connectivity index (χ3n) is 19.1. The van der Waals surface area contributed by atoms with Crippen molar-refractivity contribution < 1.29 is 49.6 Å². The lowest BCUT2D eigenvalue weighted by atomic mass is 9.51. The van der Waals surface area contributed by atoms with Crippen molar-refractivity contribution >= 4 is 16.6 Å². The van der Waals surface area contributed by atoms with Gasteiger partial charge in [0.15, 0.2) is 11.5 Å². The maximum absolute atomic E-state index is 11.9. The summed E-state index contributed by atoms with van der Waals surface area (Å²) in [4.78, 5) is 0. The second-order valence-corrected chi connectivity index (χ2v) is 24.4. The molecule has 1 saturated heterocycles. The van der Waals surface area contributed by atoms with E-state index in [1.807, 2.05) is 24.3 Å². The number of hydrogen-bond acceptors (Lipinski definition) is 12. The molecule has 6 aromatic rings. The van der Waals surface area contributed by atoms with E-state index in [1.54, 1.807) is 24.3 Å². The largest absolute Gasteiger partial charge is 0.508 e. The van der Waals surface area contributed by atoms with Crippen LogP contribution in [-0.2, 0) is 57.5 Å². The Kier molecular flexibility index (Phi) is 17.3. The number of benzene rings is 5. The molecule has 13 heteroatoms. The van der Waals surface area contributed by atoms with Crippen LogP contribution in [-0.4, -0.2) is 93.3 Å². The summed E-state index contributed by atoms with van der Waals surface area (Å²) in [5.74, 6) is 9.30. The van der Waals surface area contributed by atoms with Crippen LogP contribution in [0.25, 0.3) is 16.6 Å². The van der Waals surface area contributed by atoms with E-state index in [-0.39, 0.29) is 85.3 Å². The van der Waals surface area contributed by atoms with Gasteiger partial charge in [-0.2, -0.15) is 0 Å². The number of unbranched alkanes of at least 4 members (excludes halogenated alkanes) is 1. The van der Waals surface area contributed by atoms with Crippen LogP contribution in [0.15, 0.2) is 121 Å². The first-order valence-corrected chi connectivity index (χ1v) is 30.5. The molecule has 4 aliphatic heterocycles. The van der Waals surface area contributed by atoms with Crippen LogP contribution in [0.2, 0.25) is 0 Å². The number of nitrogens with zero attached hydrogens (tertiary/aromatic N) is 1. The number of nitrogens with one attached hydrogen (secondary N) is 2. The lowest BCUT2D eigenvalue weighted by molar-refractivity contribution is -0.00873. The number of aromatic nitrogens is 1. The molecule has 0 amide bonds. The second-order valence-electron chi connectivity index (χ2n) is 24.4. The van der Waals surface area contributed by atoms with Crippen molar-refractivity contribution in [2.24, 2.45) is 11.8 Å². The fourth-order valence-electron chi connectivity index (χ4n) is 14.8. The first kappa shape index (κ1) is 56.9. The molecule has 6 atom stereocenters. The molecule has 6 bridgehead atoms. The molecule has 0 radical (unpaired) electrons. The maximum atomic E-state index is 11.9. The Labute approximate surface area is 488 Å². The van der Waals surface area contributed by atoms with Crippen molar-refractivity contribution in [2.45, 2.75) is 152 Å². The van der Waals surface area contributed by atoms with Gasteiger partial charge in [0.1, 0.15) is 30.1 Å². The molecular weight excluding hydrogens is 1040 g/mol. The lowest BCUT2D eigenvalue weighted by Gasteiger charge is -2.54. The summed E-state index contributed by atoms with van der Waals surface area (Å²) in [5, 5.41) is 74.1. The van der Waals surface area contributed by atoms with Gasteiger partial charge in [0.05, 0.1) is 38.8 Å². The molecule has 2 fully saturated rings. The molecule has 5 aromatic carbocycles. The van der Waals surface area contributed by atoms with Crippen molar-refractivity contribution in [3.8, 4) is 34.8 Å². The highest BCUT2D eigenvalue weighted by molar-refractivity contribution is 5.89. The van der Waals surface area contributed by atoms with E-state index in [4.69, 9.17) is 18.9 Å². The van der Waals surface area contributed by atoms with E-state index in [0.717, 1.165) is 101 Å². The average molecular weight is 1120 g/mol. The Morgan fingerprint density at radius 3 is 2.54 bits per heavy atom. The van der Waals surface area contributed by atoms with Crippen LogP contribution >= 0.6 is 0 Å². The first-order valence-electron chi connectivity index (χ1n) is 30.5. The number of phenols is 3. The van der Waals surface area contributed by atoms with Gasteiger partial charge < -0.3 is 59.5 Å². The van der Waals surface area contributed by atoms with Crippen LogP contribution in [0.5, 0.6) is 23.0 Å². The Balaban J connectivity index is 0.973. The zero-order chi connectivity index (χ0) is 56.9. The maximum Gasteiger partial charge on any atom is 0.161 e. The number of fused-ring (bicyclic) bond motifs is 10. The molecule has 13 nitrogen and oxygen atoms in total. The van der Waals surface area contributed by atoms with Gasteiger partial charge in [0, 0.05) is 71.9 Å². The van der Waals surface area contributed by atoms with Crippen molar-refractivity contribution in [3.63, 3.8) is 0 Å². The number of rotatable bonds is 14. The minimum Gasteiger partial charge on any atom is -0.508 e. The van der Waals surface area contributed by atoms with Crippen molar-refractivity contribution in [3.05, 3.63) is 171 Å². The summed E-state index contributed by atoms with van der Waals surface area (Å²) in [6, 6.07) is 30.4. The number of aliphatic hydroxyl groups excluding tert-OH is 3. The van der Waals surface area contributed by atoms with Crippen LogP contribution in [0.3, 0.4) is 0 Å². The summed E-state index contributed by atoms with van der Waals surface area (Å²) in [6.45, 7) is 2.38. The third-order valence-corrected chi connectivity index (χ3v) is 19.1. The van der Waals surface area contributed by atoms with Gasteiger partial charge in [0.2, 0.25) is 0 Å². The lowest BCUT2D eigenvalue weighted by Crippen LogP contribution is -2.51. The van der Waals surface area contributed by atoms with Gasteiger partial charge in [-0.25, -0.2) is 0 Å². The molecule has 436 valence electrons. The summed E-state index contributed by atoms with van der Waals surface area (Å²) < 4.78 is 28.5. The molecule has 83 heavy (non-hydrogen) atoms. The van der Waals surface area contributed by atoms with Gasteiger partial charge in [-0.3, -0.25) is 5.32 Å². The fourth-order valence-corrected chi connectivity index (χ4v) is 14.8. The van der Waals surface area contributed by atoms with E-state index in [9.17, 15) is 30.6 Å². The quantitative estimate of drug-likeness (QED) is 0.0294. The highest BCUT2D eigenvalue weighted by atomic mass is 16.5. The number of phenolic OH excluding ortho intramolecular Hbond substituents is 3. The Morgan fingerprint density at radius 2 is 1.69 bits per heavy atom. The van der Waals surface area contributed by atoms with Crippen LogP contribution < -0.4 is 15.4 Å². The molecular formula is C70H81N3O10. The highest BCUT2D eigenvalue weighted by Gasteiger charge is 2.55. The van der Waals surface area contributed by atoms with Gasteiger partial charge in [-0.1, -0.05) is 79.3 Å². The van der Waals surface area contributed by atoms with Gasteiger partial charge >= 0.3 is 0 Å².